The van der Waals surface area contributed by atoms with E-state index in [2.05, 4.69) is 31.8 Å². The lowest BCUT2D eigenvalue weighted by molar-refractivity contribution is 0.312. The number of likely N-dealkylation sites (N-methyl/N-ethyl adjacent to an activating group) is 1. The number of rotatable bonds is 5. The number of methoxy groups -OCH3 is 1. The van der Waals surface area contributed by atoms with Gasteiger partial charge in [-0.25, -0.2) is 8.42 Å². The van der Waals surface area contributed by atoms with Gasteiger partial charge in [-0.3, -0.25) is 4.72 Å². The molecule has 2 heterocycles. The summed E-state index contributed by atoms with van der Waals surface area (Å²) in [5.41, 5.74) is 0.596. The van der Waals surface area contributed by atoms with E-state index >= 15 is 0 Å². The lowest BCUT2D eigenvalue weighted by Crippen LogP contribution is -2.44. The number of nitrogens with zero attached hydrogens (tertiary/aromatic N) is 4. The van der Waals surface area contributed by atoms with Crippen molar-refractivity contribution < 1.29 is 13.2 Å². The van der Waals surface area contributed by atoms with Crippen LogP contribution in [0.4, 0.5) is 11.6 Å². The van der Waals surface area contributed by atoms with Crippen LogP contribution >= 0.6 is 0 Å². The molecule has 8 nitrogen and oxygen atoms in total. The van der Waals surface area contributed by atoms with Crippen LogP contribution in [-0.4, -0.2) is 63.9 Å². The van der Waals surface area contributed by atoms with Crippen molar-refractivity contribution in [3.05, 3.63) is 35.9 Å². The molecule has 2 aromatic rings. The maximum absolute atomic E-state index is 12.6. The first kappa shape index (κ1) is 18.4. The van der Waals surface area contributed by atoms with Gasteiger partial charge in [0.05, 0.1) is 12.0 Å². The topological polar surface area (TPSA) is 87.7 Å². The Bertz CT molecular complexity index is 862. The Hall–Kier alpha value is -2.39. The van der Waals surface area contributed by atoms with Crippen LogP contribution in [0.5, 0.6) is 5.75 Å². The molecule has 0 radical (unpaired) electrons. The summed E-state index contributed by atoms with van der Waals surface area (Å²) in [5.74, 6) is 1.55. The molecule has 1 aromatic carbocycles. The second-order valence-electron chi connectivity index (χ2n) is 6.30. The van der Waals surface area contributed by atoms with Gasteiger partial charge in [0.1, 0.15) is 5.75 Å². The average Bonchev–Trinajstić information content (AvgIpc) is 2.62. The molecule has 1 saturated heterocycles. The van der Waals surface area contributed by atoms with E-state index in [9.17, 15) is 8.42 Å². The maximum Gasteiger partial charge on any atom is 0.263 e. The Morgan fingerprint density at radius 3 is 2.38 bits per heavy atom. The van der Waals surface area contributed by atoms with Crippen LogP contribution in [0.2, 0.25) is 0 Å². The summed E-state index contributed by atoms with van der Waals surface area (Å²) in [5, 5.41) is 8.19. The van der Waals surface area contributed by atoms with Gasteiger partial charge in [-0.1, -0.05) is 0 Å². The normalized spacial score (nSPS) is 15.7. The monoisotopic (exact) mass is 377 g/mol. The first-order valence-electron chi connectivity index (χ1n) is 8.34. The van der Waals surface area contributed by atoms with Crippen molar-refractivity contribution in [3.63, 3.8) is 0 Å². The zero-order valence-electron chi connectivity index (χ0n) is 15.1. The number of sulfonamides is 1. The van der Waals surface area contributed by atoms with Gasteiger partial charge in [-0.05, 0) is 49.9 Å². The van der Waals surface area contributed by atoms with Gasteiger partial charge < -0.3 is 14.5 Å². The highest BCUT2D eigenvalue weighted by Crippen LogP contribution is 2.23. The van der Waals surface area contributed by atoms with Crippen molar-refractivity contribution in [3.8, 4) is 5.75 Å². The number of benzene rings is 1. The average molecular weight is 377 g/mol. The van der Waals surface area contributed by atoms with E-state index in [1.807, 2.05) is 0 Å². The zero-order valence-corrected chi connectivity index (χ0v) is 16.0. The van der Waals surface area contributed by atoms with E-state index in [1.165, 1.54) is 6.07 Å². The standard InChI is InChI=1S/C17H23N5O3S/c1-13-12-14(25-3)4-5-15(13)26(23,24)20-16-6-7-17(19-18-16)22-10-8-21(2)9-11-22/h4-7,12H,8-11H2,1-3H3,(H,18,20). The van der Waals surface area contributed by atoms with Gasteiger partial charge >= 0.3 is 0 Å². The van der Waals surface area contributed by atoms with Crippen LogP contribution in [-0.2, 0) is 10.0 Å². The number of aryl methyl sites for hydroxylation is 1. The van der Waals surface area contributed by atoms with E-state index in [1.54, 1.807) is 38.3 Å². The van der Waals surface area contributed by atoms with E-state index < -0.39 is 10.0 Å². The summed E-state index contributed by atoms with van der Waals surface area (Å²) in [6, 6.07) is 8.23. The third kappa shape index (κ3) is 4.05. The molecule has 3 rings (SSSR count). The molecule has 26 heavy (non-hydrogen) atoms. The smallest absolute Gasteiger partial charge is 0.263 e. The summed E-state index contributed by atoms with van der Waals surface area (Å²) >= 11 is 0. The SMILES string of the molecule is COc1ccc(S(=O)(=O)Nc2ccc(N3CCN(C)CC3)nn2)c(C)c1. The van der Waals surface area contributed by atoms with Crippen LogP contribution < -0.4 is 14.4 Å². The molecule has 0 bridgehead atoms. The fourth-order valence-corrected chi connectivity index (χ4v) is 4.05. The van der Waals surface area contributed by atoms with Gasteiger partial charge in [-0.2, -0.15) is 0 Å². The third-order valence-corrected chi connectivity index (χ3v) is 5.90. The summed E-state index contributed by atoms with van der Waals surface area (Å²) < 4.78 is 32.8. The maximum atomic E-state index is 12.6. The highest BCUT2D eigenvalue weighted by molar-refractivity contribution is 7.92. The molecular weight excluding hydrogens is 354 g/mol. The molecule has 9 heteroatoms. The molecule has 0 amide bonds. The van der Waals surface area contributed by atoms with Gasteiger partial charge in [0.2, 0.25) is 0 Å². The summed E-state index contributed by atoms with van der Waals surface area (Å²) in [7, 11) is -0.117. The molecule has 0 unspecified atom stereocenters. The predicted molar refractivity (Wildman–Crippen MR) is 100 cm³/mol. The molecule has 1 aliphatic heterocycles. The lowest BCUT2D eigenvalue weighted by atomic mass is 10.2. The summed E-state index contributed by atoms with van der Waals surface area (Å²) in [6.45, 7) is 5.40. The molecule has 140 valence electrons. The molecule has 1 fully saturated rings. The number of piperazine rings is 1. The van der Waals surface area contributed by atoms with E-state index in [-0.39, 0.29) is 10.7 Å². The van der Waals surface area contributed by atoms with Crippen LogP contribution in [0, 0.1) is 6.92 Å². The van der Waals surface area contributed by atoms with E-state index in [0.717, 1.165) is 32.0 Å². The fourth-order valence-electron chi connectivity index (χ4n) is 2.83. The Kier molecular flexibility index (Phi) is 5.28. The van der Waals surface area contributed by atoms with Crippen molar-refractivity contribution in [2.75, 3.05) is 50.0 Å². The first-order valence-corrected chi connectivity index (χ1v) is 9.82. The summed E-state index contributed by atoms with van der Waals surface area (Å²) in [4.78, 5) is 4.57. The number of hydrogen-bond acceptors (Lipinski definition) is 7. The number of nitrogens with one attached hydrogen (secondary N) is 1. The van der Waals surface area contributed by atoms with Gasteiger partial charge in [-0.15, -0.1) is 10.2 Å². The number of hydrogen-bond donors (Lipinski definition) is 1. The van der Waals surface area contributed by atoms with E-state index in [4.69, 9.17) is 4.74 Å². The fraction of sp³-hybridized carbons (Fsp3) is 0.412. The van der Waals surface area contributed by atoms with Crippen LogP contribution in [0.1, 0.15) is 5.56 Å². The second-order valence-corrected chi connectivity index (χ2v) is 7.95. The molecule has 1 N–H and O–H groups in total. The van der Waals surface area contributed by atoms with E-state index in [0.29, 0.717) is 11.3 Å². The Morgan fingerprint density at radius 2 is 1.81 bits per heavy atom. The Morgan fingerprint density at radius 1 is 1.08 bits per heavy atom. The van der Waals surface area contributed by atoms with Crippen molar-refractivity contribution in [2.24, 2.45) is 0 Å². The largest absolute Gasteiger partial charge is 0.497 e. The second kappa shape index (κ2) is 7.46. The lowest BCUT2D eigenvalue weighted by Gasteiger charge is -2.32. The van der Waals surface area contributed by atoms with Gasteiger partial charge in [0, 0.05) is 26.2 Å². The number of anilines is 2. The molecular formula is C17H23N5O3S. The van der Waals surface area contributed by atoms with Gasteiger partial charge in [0.25, 0.3) is 10.0 Å². The number of aromatic nitrogens is 2. The van der Waals surface area contributed by atoms with Crippen molar-refractivity contribution in [1.29, 1.82) is 0 Å². The summed E-state index contributed by atoms with van der Waals surface area (Å²) in [6.07, 6.45) is 0. The van der Waals surface area contributed by atoms with Gasteiger partial charge in [0.15, 0.2) is 11.6 Å². The first-order chi connectivity index (χ1) is 12.4. The molecule has 0 saturated carbocycles. The van der Waals surface area contributed by atoms with Crippen LogP contribution in [0.25, 0.3) is 0 Å². The van der Waals surface area contributed by atoms with Crippen LogP contribution in [0.3, 0.4) is 0 Å². The van der Waals surface area contributed by atoms with Crippen molar-refractivity contribution in [2.45, 2.75) is 11.8 Å². The Balaban J connectivity index is 1.74. The van der Waals surface area contributed by atoms with Crippen molar-refractivity contribution in [1.82, 2.24) is 15.1 Å². The minimum Gasteiger partial charge on any atom is -0.497 e. The quantitative estimate of drug-likeness (QED) is 0.841. The zero-order chi connectivity index (χ0) is 18.7. The third-order valence-electron chi connectivity index (χ3n) is 4.39. The molecule has 1 aliphatic rings. The minimum absolute atomic E-state index is 0.184. The van der Waals surface area contributed by atoms with Crippen molar-refractivity contribution >= 4 is 21.7 Å². The Labute approximate surface area is 153 Å². The molecule has 0 atom stereocenters. The highest BCUT2D eigenvalue weighted by Gasteiger charge is 2.19. The van der Waals surface area contributed by atoms with Crippen LogP contribution in [0.15, 0.2) is 35.2 Å². The minimum atomic E-state index is -3.74. The molecule has 1 aromatic heterocycles. The molecule has 0 spiro atoms. The number of ether oxygens (including phenoxy) is 1. The molecule has 0 aliphatic carbocycles. The highest BCUT2D eigenvalue weighted by atomic mass is 32.2. The predicted octanol–water partition coefficient (Wildman–Crippen LogP) is 1.35.